The number of nitrogens with one attached hydrogen (secondary N) is 1. The average Bonchev–Trinajstić information content (AvgIpc) is 2.92. The Morgan fingerprint density at radius 3 is 2.36 bits per heavy atom. The van der Waals surface area contributed by atoms with E-state index < -0.39 is 23.9 Å². The quantitative estimate of drug-likeness (QED) is 0.441. The van der Waals surface area contributed by atoms with Gasteiger partial charge in [-0.25, -0.2) is 15.2 Å². The summed E-state index contributed by atoms with van der Waals surface area (Å²) < 4.78 is 0. The fraction of sp³-hybridized carbons (Fsp3) is 0.250. The SMILES string of the molecule is Cc1ccc(CN2C(=O)N(c3ccc(Cl)cc3)C(=O)C2CCC(=O)NO)cc1. The summed E-state index contributed by atoms with van der Waals surface area (Å²) >= 11 is 5.90. The molecule has 0 aromatic heterocycles. The minimum atomic E-state index is -0.804. The molecule has 1 atom stereocenters. The first kappa shape index (κ1) is 19.9. The Kier molecular flexibility index (Phi) is 5.96. The molecule has 0 radical (unpaired) electrons. The number of anilines is 1. The Morgan fingerprint density at radius 1 is 1.11 bits per heavy atom. The van der Waals surface area contributed by atoms with E-state index in [1.54, 1.807) is 29.7 Å². The van der Waals surface area contributed by atoms with Crippen molar-refractivity contribution in [1.82, 2.24) is 10.4 Å². The predicted molar refractivity (Wildman–Crippen MR) is 104 cm³/mol. The molecule has 0 aliphatic carbocycles. The molecule has 2 aromatic carbocycles. The van der Waals surface area contributed by atoms with E-state index in [2.05, 4.69) is 0 Å². The first-order valence-electron chi connectivity index (χ1n) is 8.79. The number of imide groups is 1. The molecule has 4 amide bonds. The molecule has 0 saturated carbocycles. The van der Waals surface area contributed by atoms with E-state index in [0.717, 1.165) is 16.0 Å². The van der Waals surface area contributed by atoms with Crippen molar-refractivity contribution in [2.75, 3.05) is 4.90 Å². The number of urea groups is 1. The number of hydrogen-bond donors (Lipinski definition) is 2. The Morgan fingerprint density at radius 2 is 1.75 bits per heavy atom. The van der Waals surface area contributed by atoms with Crippen molar-refractivity contribution in [3.05, 3.63) is 64.7 Å². The van der Waals surface area contributed by atoms with Gasteiger partial charge in [-0.1, -0.05) is 41.4 Å². The number of benzene rings is 2. The third-order valence-corrected chi connectivity index (χ3v) is 4.90. The van der Waals surface area contributed by atoms with Gasteiger partial charge in [-0.2, -0.15) is 0 Å². The molecule has 0 spiro atoms. The van der Waals surface area contributed by atoms with Crippen LogP contribution in [0.3, 0.4) is 0 Å². The van der Waals surface area contributed by atoms with Crippen LogP contribution in [0.1, 0.15) is 24.0 Å². The highest BCUT2D eigenvalue weighted by atomic mass is 35.5. The van der Waals surface area contributed by atoms with Gasteiger partial charge in [0.2, 0.25) is 5.91 Å². The Balaban J connectivity index is 1.89. The molecule has 2 aromatic rings. The first-order chi connectivity index (χ1) is 13.4. The van der Waals surface area contributed by atoms with Gasteiger partial charge < -0.3 is 4.90 Å². The van der Waals surface area contributed by atoms with Gasteiger partial charge in [0.05, 0.1) is 5.69 Å². The van der Waals surface area contributed by atoms with E-state index in [4.69, 9.17) is 16.8 Å². The smallest absolute Gasteiger partial charge is 0.308 e. The molecule has 3 rings (SSSR count). The molecule has 146 valence electrons. The summed E-state index contributed by atoms with van der Waals surface area (Å²) in [6.45, 7) is 2.20. The molecule has 1 fully saturated rings. The van der Waals surface area contributed by atoms with Crippen molar-refractivity contribution in [1.29, 1.82) is 0 Å². The molecule has 0 bridgehead atoms. The van der Waals surface area contributed by atoms with Gasteiger partial charge in [-0.3, -0.25) is 14.8 Å². The van der Waals surface area contributed by atoms with Crippen molar-refractivity contribution in [2.24, 2.45) is 0 Å². The summed E-state index contributed by atoms with van der Waals surface area (Å²) in [5, 5.41) is 9.22. The van der Waals surface area contributed by atoms with Gasteiger partial charge >= 0.3 is 6.03 Å². The van der Waals surface area contributed by atoms with Crippen LogP contribution >= 0.6 is 11.6 Å². The summed E-state index contributed by atoms with van der Waals surface area (Å²) in [7, 11) is 0. The molecule has 1 heterocycles. The van der Waals surface area contributed by atoms with Crippen LogP contribution in [-0.4, -0.2) is 34.0 Å². The number of hydrogen-bond acceptors (Lipinski definition) is 4. The maximum absolute atomic E-state index is 13.0. The molecule has 8 heteroatoms. The minimum Gasteiger partial charge on any atom is -0.308 e. The van der Waals surface area contributed by atoms with Crippen LogP contribution in [0.25, 0.3) is 0 Å². The molecule has 7 nitrogen and oxygen atoms in total. The monoisotopic (exact) mass is 401 g/mol. The number of amides is 4. The van der Waals surface area contributed by atoms with Crippen molar-refractivity contribution in [2.45, 2.75) is 32.4 Å². The summed E-state index contributed by atoms with van der Waals surface area (Å²) in [4.78, 5) is 40.0. The fourth-order valence-electron chi connectivity index (χ4n) is 3.14. The third-order valence-electron chi connectivity index (χ3n) is 4.65. The lowest BCUT2D eigenvalue weighted by molar-refractivity contribution is -0.129. The van der Waals surface area contributed by atoms with Crippen LogP contribution in [0.5, 0.6) is 0 Å². The highest BCUT2D eigenvalue weighted by Gasteiger charge is 2.45. The van der Waals surface area contributed by atoms with Gasteiger partial charge in [-0.15, -0.1) is 0 Å². The second-order valence-corrected chi connectivity index (χ2v) is 7.07. The Labute approximate surface area is 167 Å². The number of aryl methyl sites for hydroxylation is 1. The molecule has 1 saturated heterocycles. The zero-order valence-corrected chi connectivity index (χ0v) is 16.0. The first-order valence-corrected chi connectivity index (χ1v) is 9.17. The number of hydroxylamine groups is 1. The van der Waals surface area contributed by atoms with Crippen LogP contribution < -0.4 is 10.4 Å². The summed E-state index contributed by atoms with van der Waals surface area (Å²) in [6.07, 6.45) is 0.0198. The van der Waals surface area contributed by atoms with E-state index in [0.29, 0.717) is 10.7 Å². The summed E-state index contributed by atoms with van der Waals surface area (Å²) in [5.41, 5.74) is 3.94. The normalized spacial score (nSPS) is 16.6. The van der Waals surface area contributed by atoms with Crippen LogP contribution in [0.15, 0.2) is 48.5 Å². The lowest BCUT2D eigenvalue weighted by Crippen LogP contribution is -2.35. The van der Waals surface area contributed by atoms with Gasteiger partial charge in [-0.05, 0) is 43.2 Å². The number of halogens is 1. The zero-order valence-electron chi connectivity index (χ0n) is 15.3. The van der Waals surface area contributed by atoms with Crippen molar-refractivity contribution in [3.8, 4) is 0 Å². The highest BCUT2D eigenvalue weighted by molar-refractivity contribution is 6.30. The zero-order chi connectivity index (χ0) is 20.3. The van der Waals surface area contributed by atoms with E-state index in [9.17, 15) is 14.4 Å². The lowest BCUT2D eigenvalue weighted by atomic mass is 10.1. The van der Waals surface area contributed by atoms with Crippen LogP contribution in [0.4, 0.5) is 10.5 Å². The lowest BCUT2D eigenvalue weighted by Gasteiger charge is -2.21. The van der Waals surface area contributed by atoms with E-state index in [1.807, 2.05) is 31.2 Å². The maximum atomic E-state index is 13.0. The largest absolute Gasteiger partial charge is 0.332 e. The molecule has 1 aliphatic rings. The predicted octanol–water partition coefficient (Wildman–Crippen LogP) is 3.27. The highest BCUT2D eigenvalue weighted by Crippen LogP contribution is 2.29. The Hall–Kier alpha value is -2.90. The van der Waals surface area contributed by atoms with Crippen LogP contribution in [-0.2, 0) is 16.1 Å². The summed E-state index contributed by atoms with van der Waals surface area (Å²) in [5.74, 6) is -1.02. The molecule has 2 N–H and O–H groups in total. The fourth-order valence-corrected chi connectivity index (χ4v) is 3.26. The number of carbonyl (C=O) groups excluding carboxylic acids is 3. The standard InChI is InChI=1S/C20H20ClN3O4/c1-13-2-4-14(5-3-13)12-23-17(10-11-18(25)22-28)19(26)24(20(23)27)16-8-6-15(21)7-9-16/h2-9,17,28H,10-12H2,1H3,(H,22,25). The van der Waals surface area contributed by atoms with Crippen molar-refractivity contribution < 1.29 is 19.6 Å². The van der Waals surface area contributed by atoms with E-state index in [1.165, 1.54) is 4.90 Å². The maximum Gasteiger partial charge on any atom is 0.332 e. The van der Waals surface area contributed by atoms with Gasteiger partial charge in [0.1, 0.15) is 6.04 Å². The third kappa shape index (κ3) is 4.16. The number of nitrogens with zero attached hydrogens (tertiary/aromatic N) is 2. The van der Waals surface area contributed by atoms with Crippen LogP contribution in [0, 0.1) is 6.92 Å². The van der Waals surface area contributed by atoms with Crippen molar-refractivity contribution >= 4 is 35.1 Å². The van der Waals surface area contributed by atoms with Gasteiger partial charge in [0.25, 0.3) is 5.91 Å². The average molecular weight is 402 g/mol. The Bertz CT molecular complexity index is 883. The molecule has 28 heavy (non-hydrogen) atoms. The summed E-state index contributed by atoms with van der Waals surface area (Å²) in [6, 6.07) is 12.8. The van der Waals surface area contributed by atoms with Gasteiger partial charge in [0, 0.05) is 18.0 Å². The second kappa shape index (κ2) is 8.41. The van der Waals surface area contributed by atoms with E-state index in [-0.39, 0.29) is 19.4 Å². The van der Waals surface area contributed by atoms with Gasteiger partial charge in [0.15, 0.2) is 0 Å². The van der Waals surface area contributed by atoms with E-state index >= 15 is 0 Å². The topological polar surface area (TPSA) is 90.0 Å². The molecule has 1 unspecified atom stereocenters. The minimum absolute atomic E-state index is 0.0843. The van der Waals surface area contributed by atoms with Crippen molar-refractivity contribution in [3.63, 3.8) is 0 Å². The second-order valence-electron chi connectivity index (χ2n) is 6.64. The van der Waals surface area contributed by atoms with Crippen LogP contribution in [0.2, 0.25) is 5.02 Å². The molecular formula is C20H20ClN3O4. The molecule has 1 aliphatic heterocycles. The molecular weight excluding hydrogens is 382 g/mol. The number of rotatable bonds is 6. The number of carbonyl (C=O) groups is 3.